The lowest BCUT2D eigenvalue weighted by molar-refractivity contribution is 1.00. The predicted octanol–water partition coefficient (Wildman–Crippen LogP) is 3.47. The molecule has 1 saturated carbocycles. The van der Waals surface area contributed by atoms with Crippen LogP contribution in [0, 0.1) is 6.92 Å². The van der Waals surface area contributed by atoms with Gasteiger partial charge in [-0.25, -0.2) is 9.97 Å². The molecule has 98 valence electrons. The second kappa shape index (κ2) is 4.65. The van der Waals surface area contributed by atoms with Crippen molar-refractivity contribution in [2.24, 2.45) is 0 Å². The lowest BCUT2D eigenvalue weighted by Crippen LogP contribution is -2.05. The first kappa shape index (κ1) is 12.2. The summed E-state index contributed by atoms with van der Waals surface area (Å²) in [5.41, 5.74) is 10.6. The number of nitrogen functional groups attached to an aromatic ring is 1. The number of benzene rings is 1. The van der Waals surface area contributed by atoms with Crippen LogP contribution in [0.1, 0.15) is 42.5 Å². The largest absolute Gasteiger partial charge is 0.383 e. The molecule has 1 heterocycles. The van der Waals surface area contributed by atoms with E-state index in [1.54, 1.807) is 0 Å². The predicted molar refractivity (Wildman–Crippen MR) is 78.0 cm³/mol. The van der Waals surface area contributed by atoms with Crippen molar-refractivity contribution in [3.05, 3.63) is 41.1 Å². The number of nitrogens with two attached hydrogens (primary N) is 1. The Bertz CT molecular complexity index is 592. The zero-order valence-corrected chi connectivity index (χ0v) is 11.5. The third-order valence-corrected chi connectivity index (χ3v) is 3.82. The van der Waals surface area contributed by atoms with Crippen LogP contribution < -0.4 is 5.73 Å². The first-order valence-electron chi connectivity index (χ1n) is 6.93. The fraction of sp³-hybridized carbons (Fsp3) is 0.375. The molecule has 0 aliphatic heterocycles. The summed E-state index contributed by atoms with van der Waals surface area (Å²) in [6, 6.07) is 8.43. The maximum absolute atomic E-state index is 6.06. The van der Waals surface area contributed by atoms with Crippen molar-refractivity contribution in [2.45, 2.75) is 39.0 Å². The zero-order chi connectivity index (χ0) is 13.4. The van der Waals surface area contributed by atoms with E-state index in [-0.39, 0.29) is 0 Å². The number of hydrogen-bond donors (Lipinski definition) is 1. The average molecular weight is 253 g/mol. The summed E-state index contributed by atoms with van der Waals surface area (Å²) >= 11 is 0. The molecular formula is C16H19N3. The van der Waals surface area contributed by atoms with E-state index < -0.39 is 0 Å². The van der Waals surface area contributed by atoms with Gasteiger partial charge in [0.15, 0.2) is 5.82 Å². The number of aryl methyl sites for hydroxylation is 1. The van der Waals surface area contributed by atoms with Crippen LogP contribution in [0.15, 0.2) is 24.3 Å². The minimum Gasteiger partial charge on any atom is -0.383 e. The summed E-state index contributed by atoms with van der Waals surface area (Å²) in [5.74, 6) is 2.08. The molecule has 1 aromatic carbocycles. The van der Waals surface area contributed by atoms with Gasteiger partial charge in [0.2, 0.25) is 0 Å². The van der Waals surface area contributed by atoms with Gasteiger partial charge in [-0.2, -0.15) is 0 Å². The van der Waals surface area contributed by atoms with Crippen molar-refractivity contribution in [1.29, 1.82) is 0 Å². The van der Waals surface area contributed by atoms with Gasteiger partial charge in [-0.3, -0.25) is 0 Å². The molecule has 3 heteroatoms. The van der Waals surface area contributed by atoms with E-state index in [0.717, 1.165) is 29.1 Å². The summed E-state index contributed by atoms with van der Waals surface area (Å²) in [6.45, 7) is 4.10. The Morgan fingerprint density at radius 3 is 2.58 bits per heavy atom. The zero-order valence-electron chi connectivity index (χ0n) is 11.5. The summed E-state index contributed by atoms with van der Waals surface area (Å²) in [4.78, 5) is 9.17. The van der Waals surface area contributed by atoms with Gasteiger partial charge in [0.05, 0.1) is 0 Å². The molecule has 0 spiro atoms. The summed E-state index contributed by atoms with van der Waals surface area (Å²) in [6.07, 6.45) is 3.43. The van der Waals surface area contributed by atoms with Gasteiger partial charge in [0.25, 0.3) is 0 Å². The van der Waals surface area contributed by atoms with Gasteiger partial charge in [-0.15, -0.1) is 0 Å². The lowest BCUT2D eigenvalue weighted by atomic mass is 10.0. The maximum atomic E-state index is 6.06. The van der Waals surface area contributed by atoms with Crippen molar-refractivity contribution in [3.8, 4) is 11.4 Å². The molecule has 0 saturated heterocycles. The van der Waals surface area contributed by atoms with E-state index >= 15 is 0 Å². The van der Waals surface area contributed by atoms with Gasteiger partial charge < -0.3 is 5.73 Å². The highest BCUT2D eigenvalue weighted by molar-refractivity contribution is 5.64. The van der Waals surface area contributed by atoms with Crippen LogP contribution in [-0.2, 0) is 6.42 Å². The molecule has 0 radical (unpaired) electrons. The first-order valence-corrected chi connectivity index (χ1v) is 6.93. The van der Waals surface area contributed by atoms with Crippen molar-refractivity contribution < 1.29 is 0 Å². The molecule has 0 bridgehead atoms. The van der Waals surface area contributed by atoms with Crippen molar-refractivity contribution >= 4 is 5.82 Å². The number of hydrogen-bond acceptors (Lipinski definition) is 3. The van der Waals surface area contributed by atoms with Gasteiger partial charge in [0.1, 0.15) is 5.82 Å². The molecule has 1 aromatic heterocycles. The van der Waals surface area contributed by atoms with E-state index in [4.69, 9.17) is 5.73 Å². The maximum Gasteiger partial charge on any atom is 0.162 e. The molecule has 0 amide bonds. The number of aromatic nitrogens is 2. The second-order valence-electron chi connectivity index (χ2n) is 5.21. The molecule has 1 fully saturated rings. The lowest BCUT2D eigenvalue weighted by Gasteiger charge is -2.11. The normalized spacial score (nSPS) is 14.6. The third-order valence-electron chi connectivity index (χ3n) is 3.82. The van der Waals surface area contributed by atoms with E-state index in [9.17, 15) is 0 Å². The summed E-state index contributed by atoms with van der Waals surface area (Å²) in [5, 5.41) is 0. The molecule has 1 aliphatic carbocycles. The van der Waals surface area contributed by atoms with Crippen LogP contribution in [0.5, 0.6) is 0 Å². The monoisotopic (exact) mass is 253 g/mol. The minimum absolute atomic E-state index is 0.621. The molecular weight excluding hydrogens is 234 g/mol. The van der Waals surface area contributed by atoms with Crippen LogP contribution in [0.2, 0.25) is 0 Å². The molecule has 3 rings (SSSR count). The number of nitrogens with zero attached hydrogens (tertiary/aromatic N) is 2. The Morgan fingerprint density at radius 2 is 1.95 bits per heavy atom. The minimum atomic E-state index is 0.621. The highest BCUT2D eigenvalue weighted by Crippen LogP contribution is 2.43. The van der Waals surface area contributed by atoms with E-state index in [1.807, 2.05) is 13.0 Å². The van der Waals surface area contributed by atoms with Crippen LogP contribution in [0.25, 0.3) is 11.4 Å². The van der Waals surface area contributed by atoms with Crippen molar-refractivity contribution in [2.75, 3.05) is 5.73 Å². The highest BCUT2D eigenvalue weighted by atomic mass is 15.0. The summed E-state index contributed by atoms with van der Waals surface area (Å²) in [7, 11) is 0. The van der Waals surface area contributed by atoms with Crippen LogP contribution >= 0.6 is 0 Å². The van der Waals surface area contributed by atoms with Crippen LogP contribution in [-0.4, -0.2) is 9.97 Å². The SMILES string of the molecule is CCc1c(C)nc(-c2ccccc2C2CC2)nc1N. The molecule has 0 atom stereocenters. The van der Waals surface area contributed by atoms with Gasteiger partial charge >= 0.3 is 0 Å². The van der Waals surface area contributed by atoms with Crippen molar-refractivity contribution in [3.63, 3.8) is 0 Å². The Hall–Kier alpha value is -1.90. The van der Waals surface area contributed by atoms with E-state index in [1.165, 1.54) is 18.4 Å². The Balaban J connectivity index is 2.12. The smallest absolute Gasteiger partial charge is 0.162 e. The Kier molecular flexibility index (Phi) is 2.97. The number of rotatable bonds is 3. The Labute approximate surface area is 113 Å². The third kappa shape index (κ3) is 2.21. The second-order valence-corrected chi connectivity index (χ2v) is 5.21. The fourth-order valence-electron chi connectivity index (χ4n) is 2.63. The first-order chi connectivity index (χ1) is 9.20. The van der Waals surface area contributed by atoms with E-state index in [2.05, 4.69) is 35.1 Å². The molecule has 2 aromatic rings. The topological polar surface area (TPSA) is 51.8 Å². The van der Waals surface area contributed by atoms with Crippen molar-refractivity contribution in [1.82, 2.24) is 9.97 Å². The van der Waals surface area contributed by atoms with Gasteiger partial charge in [-0.1, -0.05) is 31.2 Å². The average Bonchev–Trinajstić information content (AvgIpc) is 3.22. The molecule has 2 N–H and O–H groups in total. The highest BCUT2D eigenvalue weighted by Gasteiger charge is 2.27. The quantitative estimate of drug-likeness (QED) is 0.911. The van der Waals surface area contributed by atoms with E-state index in [0.29, 0.717) is 11.7 Å². The van der Waals surface area contributed by atoms with Gasteiger partial charge in [-0.05, 0) is 37.7 Å². The molecule has 19 heavy (non-hydrogen) atoms. The van der Waals surface area contributed by atoms with Crippen LogP contribution in [0.4, 0.5) is 5.82 Å². The molecule has 0 unspecified atom stereocenters. The number of anilines is 1. The molecule has 3 nitrogen and oxygen atoms in total. The standard InChI is InChI=1S/C16H19N3/c1-3-12-10(2)18-16(19-15(12)17)14-7-5-4-6-13(14)11-8-9-11/h4-7,11H,3,8-9H2,1-2H3,(H2,17,18,19). The summed E-state index contributed by atoms with van der Waals surface area (Å²) < 4.78 is 0. The molecule has 1 aliphatic rings. The Morgan fingerprint density at radius 1 is 1.21 bits per heavy atom. The van der Waals surface area contributed by atoms with Gasteiger partial charge in [0, 0.05) is 16.8 Å². The van der Waals surface area contributed by atoms with Crippen LogP contribution in [0.3, 0.4) is 0 Å². The fourth-order valence-corrected chi connectivity index (χ4v) is 2.63.